The minimum atomic E-state index is 0.958. The number of hydrogen-bond acceptors (Lipinski definition) is 1. The highest BCUT2D eigenvalue weighted by atomic mass is 14.7. The Labute approximate surface area is 117 Å². The Morgan fingerprint density at radius 1 is 0.750 bits per heavy atom. The van der Waals surface area contributed by atoms with E-state index >= 15 is 0 Å². The zero-order chi connectivity index (χ0) is 13.5. The number of nitrogens with zero attached hydrogens (tertiary/aromatic N) is 1. The molecule has 0 aliphatic carbocycles. The first kappa shape index (κ1) is 11.4. The van der Waals surface area contributed by atoms with Gasteiger partial charge in [0.1, 0.15) is 0 Å². The molecule has 0 unspecified atom stereocenters. The number of fused-ring (bicyclic) bond motifs is 4. The van der Waals surface area contributed by atoms with Crippen LogP contribution in [-0.4, -0.2) is 4.98 Å². The minimum absolute atomic E-state index is 0.958. The molecule has 0 aliphatic rings. The Morgan fingerprint density at radius 2 is 1.40 bits per heavy atom. The molecule has 0 radical (unpaired) electrons. The Kier molecular flexibility index (Phi) is 2.46. The van der Waals surface area contributed by atoms with Crippen LogP contribution < -0.4 is 0 Å². The number of benzene rings is 3. The Balaban J connectivity index is 2.28. The minimum Gasteiger partial charge on any atom is -0.252 e. The van der Waals surface area contributed by atoms with E-state index in [1.807, 2.05) is 0 Å². The molecule has 0 saturated heterocycles. The van der Waals surface area contributed by atoms with E-state index in [0.717, 1.165) is 11.9 Å². The summed E-state index contributed by atoms with van der Waals surface area (Å²) in [4.78, 5) is 4.83. The molecule has 20 heavy (non-hydrogen) atoms. The lowest BCUT2D eigenvalue weighted by molar-refractivity contribution is 1.08. The molecule has 0 fully saturated rings. The maximum atomic E-state index is 4.83. The lowest BCUT2D eigenvalue weighted by atomic mass is 9.98. The van der Waals surface area contributed by atoms with Crippen LogP contribution in [0.3, 0.4) is 0 Å². The number of aromatic nitrogens is 1. The molecule has 4 aromatic rings. The third-order valence-corrected chi connectivity index (χ3v) is 3.98. The number of aryl methyl sites for hydroxylation is 1. The Morgan fingerprint density at radius 3 is 2.15 bits per heavy atom. The van der Waals surface area contributed by atoms with Crippen LogP contribution in [-0.2, 0) is 6.42 Å². The van der Waals surface area contributed by atoms with Gasteiger partial charge in [0, 0.05) is 16.5 Å². The Hall–Kier alpha value is -2.41. The van der Waals surface area contributed by atoms with Crippen LogP contribution in [0.5, 0.6) is 0 Å². The number of pyridine rings is 1. The van der Waals surface area contributed by atoms with Crippen molar-refractivity contribution in [2.75, 3.05) is 0 Å². The molecule has 1 nitrogen and oxygen atoms in total. The summed E-state index contributed by atoms with van der Waals surface area (Å²) in [7, 11) is 0. The first-order valence-electron chi connectivity index (χ1n) is 7.07. The molecule has 1 heteroatoms. The van der Waals surface area contributed by atoms with Crippen LogP contribution in [0, 0.1) is 0 Å². The SMILES string of the molecule is CCc1nc2ccccc2c2cc3ccccc3cc12. The second kappa shape index (κ2) is 4.31. The summed E-state index contributed by atoms with van der Waals surface area (Å²) in [5.41, 5.74) is 2.27. The normalized spacial score (nSPS) is 11.4. The quantitative estimate of drug-likeness (QED) is 0.341. The molecule has 0 aliphatic heterocycles. The fraction of sp³-hybridized carbons (Fsp3) is 0.105. The predicted octanol–water partition coefficient (Wildman–Crippen LogP) is 5.10. The van der Waals surface area contributed by atoms with Gasteiger partial charge in [-0.1, -0.05) is 49.4 Å². The maximum absolute atomic E-state index is 4.83. The number of para-hydroxylation sites is 1. The van der Waals surface area contributed by atoms with Crippen molar-refractivity contribution < 1.29 is 0 Å². The molecule has 0 amide bonds. The summed E-state index contributed by atoms with van der Waals surface area (Å²) >= 11 is 0. The highest BCUT2D eigenvalue weighted by Gasteiger charge is 2.08. The Bertz CT molecular complexity index is 938. The largest absolute Gasteiger partial charge is 0.252 e. The topological polar surface area (TPSA) is 12.9 Å². The molecule has 96 valence electrons. The van der Waals surface area contributed by atoms with Gasteiger partial charge in [-0.05, 0) is 40.8 Å². The second-order valence-electron chi connectivity index (χ2n) is 5.17. The monoisotopic (exact) mass is 257 g/mol. The van der Waals surface area contributed by atoms with Crippen LogP contribution in [0.15, 0.2) is 60.7 Å². The molecule has 4 rings (SSSR count). The summed E-state index contributed by atoms with van der Waals surface area (Å²) in [5, 5.41) is 6.41. The van der Waals surface area contributed by atoms with Crippen LogP contribution >= 0.6 is 0 Å². The van der Waals surface area contributed by atoms with Crippen molar-refractivity contribution in [2.24, 2.45) is 0 Å². The highest BCUT2D eigenvalue weighted by molar-refractivity contribution is 6.11. The highest BCUT2D eigenvalue weighted by Crippen LogP contribution is 2.30. The fourth-order valence-corrected chi connectivity index (χ4v) is 2.98. The van der Waals surface area contributed by atoms with Gasteiger partial charge in [0.05, 0.1) is 5.52 Å². The average molecular weight is 257 g/mol. The lowest BCUT2D eigenvalue weighted by Gasteiger charge is -2.10. The van der Waals surface area contributed by atoms with E-state index in [2.05, 4.69) is 67.6 Å². The zero-order valence-corrected chi connectivity index (χ0v) is 11.4. The van der Waals surface area contributed by atoms with Gasteiger partial charge in [0.25, 0.3) is 0 Å². The van der Waals surface area contributed by atoms with E-state index in [0.29, 0.717) is 0 Å². The van der Waals surface area contributed by atoms with Crippen LogP contribution in [0.1, 0.15) is 12.6 Å². The molecule has 0 saturated carbocycles. The molecule has 0 spiro atoms. The van der Waals surface area contributed by atoms with Crippen molar-refractivity contribution in [3.05, 3.63) is 66.4 Å². The van der Waals surface area contributed by atoms with E-state index in [-0.39, 0.29) is 0 Å². The van der Waals surface area contributed by atoms with Crippen molar-refractivity contribution >= 4 is 32.4 Å². The van der Waals surface area contributed by atoms with Crippen LogP contribution in [0.25, 0.3) is 32.4 Å². The molecule has 3 aromatic carbocycles. The van der Waals surface area contributed by atoms with Gasteiger partial charge >= 0.3 is 0 Å². The predicted molar refractivity (Wildman–Crippen MR) is 86.1 cm³/mol. The van der Waals surface area contributed by atoms with E-state index in [9.17, 15) is 0 Å². The summed E-state index contributed by atoms with van der Waals surface area (Å²) in [6.07, 6.45) is 0.958. The van der Waals surface area contributed by atoms with Gasteiger partial charge in [-0.15, -0.1) is 0 Å². The number of hydrogen-bond donors (Lipinski definition) is 0. The lowest BCUT2D eigenvalue weighted by Crippen LogP contribution is -1.92. The van der Waals surface area contributed by atoms with Gasteiger partial charge in [0.15, 0.2) is 0 Å². The van der Waals surface area contributed by atoms with Gasteiger partial charge in [-0.25, -0.2) is 0 Å². The van der Waals surface area contributed by atoms with E-state index < -0.39 is 0 Å². The summed E-state index contributed by atoms with van der Waals surface area (Å²) < 4.78 is 0. The second-order valence-corrected chi connectivity index (χ2v) is 5.17. The van der Waals surface area contributed by atoms with E-state index in [1.54, 1.807) is 0 Å². The van der Waals surface area contributed by atoms with Crippen molar-refractivity contribution in [2.45, 2.75) is 13.3 Å². The molecule has 1 aromatic heterocycles. The third kappa shape index (κ3) is 1.60. The van der Waals surface area contributed by atoms with Crippen LogP contribution in [0.2, 0.25) is 0 Å². The molecular formula is C19H15N. The van der Waals surface area contributed by atoms with E-state index in [4.69, 9.17) is 4.98 Å². The van der Waals surface area contributed by atoms with Gasteiger partial charge in [-0.3, -0.25) is 4.98 Å². The summed E-state index contributed by atoms with van der Waals surface area (Å²) in [6, 6.07) is 21.5. The first-order valence-corrected chi connectivity index (χ1v) is 7.07. The average Bonchev–Trinajstić information content (AvgIpc) is 2.52. The van der Waals surface area contributed by atoms with Gasteiger partial charge < -0.3 is 0 Å². The van der Waals surface area contributed by atoms with Crippen molar-refractivity contribution in [3.8, 4) is 0 Å². The maximum Gasteiger partial charge on any atom is 0.0711 e. The molecule has 0 N–H and O–H groups in total. The molecule has 0 bridgehead atoms. The van der Waals surface area contributed by atoms with Gasteiger partial charge in [-0.2, -0.15) is 0 Å². The van der Waals surface area contributed by atoms with E-state index in [1.165, 1.54) is 32.6 Å². The summed E-state index contributed by atoms with van der Waals surface area (Å²) in [6.45, 7) is 2.17. The first-order chi connectivity index (χ1) is 9.86. The zero-order valence-electron chi connectivity index (χ0n) is 11.4. The molecular weight excluding hydrogens is 242 g/mol. The van der Waals surface area contributed by atoms with Crippen LogP contribution in [0.4, 0.5) is 0 Å². The smallest absolute Gasteiger partial charge is 0.0711 e. The van der Waals surface area contributed by atoms with Crippen molar-refractivity contribution in [3.63, 3.8) is 0 Å². The number of rotatable bonds is 1. The fourth-order valence-electron chi connectivity index (χ4n) is 2.98. The van der Waals surface area contributed by atoms with Crippen molar-refractivity contribution in [1.82, 2.24) is 4.98 Å². The summed E-state index contributed by atoms with van der Waals surface area (Å²) in [5.74, 6) is 0. The molecule has 0 atom stereocenters. The standard InChI is InChI=1S/C19H15N/c1-2-18-17-12-14-8-4-3-7-13(14)11-16(17)15-9-5-6-10-19(15)20-18/h3-12H,2H2,1H3. The van der Waals surface area contributed by atoms with Gasteiger partial charge in [0.2, 0.25) is 0 Å². The molecule has 1 heterocycles. The third-order valence-electron chi connectivity index (χ3n) is 3.98. The van der Waals surface area contributed by atoms with Crippen molar-refractivity contribution in [1.29, 1.82) is 0 Å².